The van der Waals surface area contributed by atoms with Gasteiger partial charge in [-0.15, -0.1) is 0 Å². The Labute approximate surface area is 228 Å². The second-order valence-electron chi connectivity index (χ2n) is 11.5. The molecule has 0 unspecified atom stereocenters. The van der Waals surface area contributed by atoms with Crippen LogP contribution in [-0.2, 0) is 25.0 Å². The Morgan fingerprint density at radius 3 is 2.41 bits per heavy atom. The fraction of sp³-hybridized carbons (Fsp3) is 0.500. The van der Waals surface area contributed by atoms with Crippen molar-refractivity contribution in [3.8, 4) is 5.75 Å². The van der Waals surface area contributed by atoms with Gasteiger partial charge in [0.05, 0.1) is 12.5 Å². The lowest BCUT2D eigenvalue weighted by Crippen LogP contribution is -2.41. The van der Waals surface area contributed by atoms with Gasteiger partial charge in [-0.1, -0.05) is 6.42 Å². The van der Waals surface area contributed by atoms with Gasteiger partial charge in [0.1, 0.15) is 22.1 Å². The van der Waals surface area contributed by atoms with Crippen molar-refractivity contribution in [2.24, 2.45) is 0 Å². The van der Waals surface area contributed by atoms with Gasteiger partial charge in [-0.05, 0) is 87.8 Å². The number of nitrogens with one attached hydrogen (secondary N) is 2. The molecule has 2 aliphatic heterocycles. The van der Waals surface area contributed by atoms with Crippen LogP contribution in [0.3, 0.4) is 0 Å². The van der Waals surface area contributed by atoms with Crippen LogP contribution in [0.25, 0.3) is 0 Å². The number of hydrogen-bond acceptors (Lipinski definition) is 6. The Bertz CT molecular complexity index is 1420. The number of ether oxygens (including phenoxy) is 2. The number of halogens is 1. The van der Waals surface area contributed by atoms with Crippen LogP contribution in [0.15, 0.2) is 35.2 Å². The van der Waals surface area contributed by atoms with Gasteiger partial charge in [0.15, 0.2) is 0 Å². The summed E-state index contributed by atoms with van der Waals surface area (Å²) in [6.45, 7) is 6.42. The molecule has 0 atom stereocenters. The first-order valence-electron chi connectivity index (χ1n) is 13.2. The number of carbonyl (C=O) groups excluding carboxylic acids is 2. The number of amides is 2. The Kier molecular flexibility index (Phi) is 6.77. The predicted molar refractivity (Wildman–Crippen MR) is 144 cm³/mol. The average molecular weight is 560 g/mol. The maximum Gasteiger partial charge on any atom is 0.410 e. The van der Waals surface area contributed by atoms with Gasteiger partial charge in [0, 0.05) is 30.5 Å². The molecule has 210 valence electrons. The minimum atomic E-state index is -4.27. The first kappa shape index (κ1) is 27.2. The molecular weight excluding hydrogens is 525 g/mol. The second-order valence-corrected chi connectivity index (χ2v) is 13.2. The van der Waals surface area contributed by atoms with E-state index in [4.69, 9.17) is 9.47 Å². The molecule has 1 aliphatic carbocycles. The number of likely N-dealkylation sites (tertiary alicyclic amines) is 1. The lowest BCUT2D eigenvalue weighted by atomic mass is 9.64. The van der Waals surface area contributed by atoms with Gasteiger partial charge in [0.25, 0.3) is 10.0 Å². The molecule has 0 bridgehead atoms. The van der Waals surface area contributed by atoms with Gasteiger partial charge in [0.2, 0.25) is 5.91 Å². The number of piperidine rings is 1. The number of sulfonamides is 1. The summed E-state index contributed by atoms with van der Waals surface area (Å²) in [6, 6.07) is 6.99. The number of fused-ring (bicyclic) bond motifs is 2. The third kappa shape index (κ3) is 5.04. The fourth-order valence-corrected chi connectivity index (χ4v) is 6.78. The number of methoxy groups -OCH3 is 1. The van der Waals surface area contributed by atoms with Gasteiger partial charge in [-0.2, -0.15) is 0 Å². The molecule has 0 radical (unpaired) electrons. The molecule has 2 aromatic carbocycles. The smallest absolute Gasteiger partial charge is 0.410 e. The summed E-state index contributed by atoms with van der Waals surface area (Å²) in [5.74, 6) is -0.807. The van der Waals surface area contributed by atoms with E-state index in [-0.39, 0.29) is 29.4 Å². The molecule has 11 heteroatoms. The van der Waals surface area contributed by atoms with E-state index in [1.807, 2.05) is 20.8 Å². The fourth-order valence-electron chi connectivity index (χ4n) is 5.68. The molecule has 2 fully saturated rings. The van der Waals surface area contributed by atoms with E-state index in [2.05, 4.69) is 10.0 Å². The molecule has 0 aromatic heterocycles. The van der Waals surface area contributed by atoms with Crippen molar-refractivity contribution in [1.29, 1.82) is 0 Å². The minimum absolute atomic E-state index is 0.0184. The molecule has 2 N–H and O–H groups in total. The normalized spacial score (nSPS) is 18.8. The predicted octanol–water partition coefficient (Wildman–Crippen LogP) is 5.12. The zero-order chi connectivity index (χ0) is 28.2. The van der Waals surface area contributed by atoms with Crippen LogP contribution in [0.4, 0.5) is 20.6 Å². The highest BCUT2D eigenvalue weighted by Gasteiger charge is 2.52. The summed E-state index contributed by atoms with van der Waals surface area (Å²) < 4.78 is 54.1. The number of rotatable bonds is 5. The van der Waals surface area contributed by atoms with Crippen LogP contribution < -0.4 is 14.8 Å². The first-order valence-corrected chi connectivity index (χ1v) is 14.7. The standard InChI is InChI=1S/C28H34FN3O6S/c1-27(2,3)38-26(34)32-12-8-17(9-13-32)20-14-18(15-21-24(20)30-25(33)28(21)10-5-11-28)31-39(35,36)23-7-6-19(37-4)16-22(23)29/h6-7,14-17,31H,5,8-13H2,1-4H3,(H,30,33). The van der Waals surface area contributed by atoms with E-state index >= 15 is 0 Å². The summed E-state index contributed by atoms with van der Waals surface area (Å²) in [6.07, 6.45) is 3.16. The lowest BCUT2D eigenvalue weighted by Gasteiger charge is -2.37. The van der Waals surface area contributed by atoms with Crippen LogP contribution >= 0.6 is 0 Å². The van der Waals surface area contributed by atoms with E-state index in [9.17, 15) is 22.4 Å². The Morgan fingerprint density at radius 2 is 1.85 bits per heavy atom. The molecule has 2 amide bonds. The number of hydrogen-bond donors (Lipinski definition) is 2. The lowest BCUT2D eigenvalue weighted by molar-refractivity contribution is -0.123. The molecule has 1 saturated heterocycles. The molecule has 2 aromatic rings. The van der Waals surface area contributed by atoms with Gasteiger partial charge in [-0.25, -0.2) is 17.6 Å². The first-order chi connectivity index (χ1) is 18.3. The van der Waals surface area contributed by atoms with Crippen molar-refractivity contribution < 1.29 is 31.9 Å². The van der Waals surface area contributed by atoms with E-state index in [1.54, 1.807) is 17.0 Å². The third-order valence-corrected chi connectivity index (χ3v) is 9.25. The summed E-state index contributed by atoms with van der Waals surface area (Å²) >= 11 is 0. The highest BCUT2D eigenvalue weighted by molar-refractivity contribution is 7.92. The van der Waals surface area contributed by atoms with Gasteiger partial charge >= 0.3 is 6.09 Å². The van der Waals surface area contributed by atoms with E-state index < -0.39 is 31.8 Å². The summed E-state index contributed by atoms with van der Waals surface area (Å²) in [4.78, 5) is 26.8. The third-order valence-electron chi connectivity index (χ3n) is 7.83. The van der Waals surface area contributed by atoms with Gasteiger partial charge < -0.3 is 19.7 Å². The van der Waals surface area contributed by atoms with E-state index in [0.29, 0.717) is 38.8 Å². The molecule has 1 saturated carbocycles. The Morgan fingerprint density at radius 1 is 1.15 bits per heavy atom. The largest absolute Gasteiger partial charge is 0.497 e. The maximum atomic E-state index is 14.7. The minimum Gasteiger partial charge on any atom is -0.497 e. The van der Waals surface area contributed by atoms with Crippen LogP contribution in [0.2, 0.25) is 0 Å². The zero-order valence-electron chi connectivity index (χ0n) is 22.6. The van der Waals surface area contributed by atoms with E-state index in [1.165, 1.54) is 13.2 Å². The quantitative estimate of drug-likeness (QED) is 0.526. The van der Waals surface area contributed by atoms with Crippen LogP contribution in [-0.4, -0.2) is 51.1 Å². The highest BCUT2D eigenvalue weighted by atomic mass is 32.2. The van der Waals surface area contributed by atoms with Crippen LogP contribution in [0.1, 0.15) is 69.9 Å². The SMILES string of the molecule is COc1ccc(S(=O)(=O)Nc2cc(C3CCN(C(=O)OC(C)(C)C)CC3)c3c(c2)C2(CCC2)C(=O)N3)c(F)c1. The van der Waals surface area contributed by atoms with Crippen LogP contribution in [0, 0.1) is 5.82 Å². The van der Waals surface area contributed by atoms with Crippen molar-refractivity contribution in [3.63, 3.8) is 0 Å². The zero-order valence-corrected chi connectivity index (χ0v) is 23.4. The maximum absolute atomic E-state index is 14.7. The summed E-state index contributed by atoms with van der Waals surface area (Å²) in [5, 5.41) is 3.07. The number of nitrogens with zero attached hydrogens (tertiary/aromatic N) is 1. The molecule has 9 nitrogen and oxygen atoms in total. The van der Waals surface area contributed by atoms with Crippen molar-refractivity contribution in [2.75, 3.05) is 30.2 Å². The topological polar surface area (TPSA) is 114 Å². The molecule has 1 spiro atoms. The monoisotopic (exact) mass is 559 g/mol. The Hall–Kier alpha value is -3.34. The highest BCUT2D eigenvalue weighted by Crippen LogP contribution is 2.54. The van der Waals surface area contributed by atoms with Crippen LogP contribution in [0.5, 0.6) is 5.75 Å². The number of anilines is 2. The number of benzene rings is 2. The molecule has 2 heterocycles. The second kappa shape index (κ2) is 9.69. The van der Waals surface area contributed by atoms with Crippen molar-refractivity contribution in [2.45, 2.75) is 74.7 Å². The summed E-state index contributed by atoms with van der Waals surface area (Å²) in [5.41, 5.74) is 1.34. The van der Waals surface area contributed by atoms with Crippen molar-refractivity contribution in [3.05, 3.63) is 47.3 Å². The summed E-state index contributed by atoms with van der Waals surface area (Å²) in [7, 11) is -2.89. The average Bonchev–Trinajstić information content (AvgIpc) is 3.14. The molecule has 5 rings (SSSR count). The van der Waals surface area contributed by atoms with Crippen molar-refractivity contribution in [1.82, 2.24) is 4.90 Å². The Balaban J connectivity index is 1.46. The van der Waals surface area contributed by atoms with Gasteiger partial charge in [-0.3, -0.25) is 9.52 Å². The van der Waals surface area contributed by atoms with E-state index in [0.717, 1.165) is 35.4 Å². The van der Waals surface area contributed by atoms with Crippen molar-refractivity contribution >= 4 is 33.4 Å². The molecular formula is C28H34FN3O6S. The molecule has 39 heavy (non-hydrogen) atoms. The molecule has 3 aliphatic rings. The number of carbonyl (C=O) groups is 2.